The summed E-state index contributed by atoms with van der Waals surface area (Å²) in [6, 6.07) is 4.07. The number of rotatable bonds is 3. The topological polar surface area (TPSA) is 23.6 Å². The van der Waals surface area contributed by atoms with E-state index >= 15 is 0 Å². The predicted molar refractivity (Wildman–Crippen MR) is 78.7 cm³/mol. The van der Waals surface area contributed by atoms with E-state index in [1.165, 1.54) is 12.1 Å². The van der Waals surface area contributed by atoms with Gasteiger partial charge in [0.05, 0.1) is 6.04 Å². The van der Waals surface area contributed by atoms with Crippen LogP contribution in [0.5, 0.6) is 0 Å². The third-order valence-electron chi connectivity index (χ3n) is 3.82. The number of Topliss-reactive ketones (excluding diaryl/α,β-unsaturated/α-hetero) is 1. The molecule has 0 amide bonds. The smallest absolute Gasteiger partial charge is 0.155 e. The minimum Gasteiger partial charge on any atom is -0.304 e. The number of benzene rings is 1. The van der Waals surface area contributed by atoms with Crippen molar-refractivity contribution < 1.29 is 9.18 Å². The lowest BCUT2D eigenvalue weighted by molar-refractivity contribution is -0.123. The Bertz CT molecular complexity index is 495. The molecule has 5 heteroatoms. The number of halogens is 2. The maximum atomic E-state index is 13.0. The van der Waals surface area contributed by atoms with Crippen LogP contribution < -0.4 is 0 Å². The van der Waals surface area contributed by atoms with Gasteiger partial charge in [0.25, 0.3) is 0 Å². The highest BCUT2D eigenvalue weighted by molar-refractivity contribution is 6.31. The van der Waals surface area contributed by atoms with Crippen molar-refractivity contribution in [2.45, 2.75) is 18.9 Å². The third kappa shape index (κ3) is 3.78. The van der Waals surface area contributed by atoms with Crippen molar-refractivity contribution in [1.29, 1.82) is 0 Å². The first-order chi connectivity index (χ1) is 9.47. The zero-order valence-electron chi connectivity index (χ0n) is 11.9. The van der Waals surface area contributed by atoms with Gasteiger partial charge in [0, 0.05) is 18.0 Å². The van der Waals surface area contributed by atoms with Crippen molar-refractivity contribution in [3.63, 3.8) is 0 Å². The summed E-state index contributed by atoms with van der Waals surface area (Å²) in [6.45, 7) is 2.65. The Balaban J connectivity index is 2.09. The molecule has 0 N–H and O–H groups in total. The van der Waals surface area contributed by atoms with Gasteiger partial charge in [0.1, 0.15) is 5.82 Å². The summed E-state index contributed by atoms with van der Waals surface area (Å²) in [5.74, 6) is -0.243. The molecule has 0 aromatic heterocycles. The summed E-state index contributed by atoms with van der Waals surface area (Å²) < 4.78 is 13.0. The summed E-state index contributed by atoms with van der Waals surface area (Å²) in [4.78, 5) is 16.8. The van der Waals surface area contributed by atoms with Gasteiger partial charge in [-0.25, -0.2) is 4.39 Å². The van der Waals surface area contributed by atoms with E-state index in [1.54, 1.807) is 6.07 Å². The van der Waals surface area contributed by atoms with Crippen molar-refractivity contribution in [3.8, 4) is 0 Å². The molecule has 110 valence electrons. The normalized spacial score (nSPS) is 21.7. The number of carbonyl (C=O) groups excluding carboxylic acids is 1. The summed E-state index contributed by atoms with van der Waals surface area (Å²) in [5, 5.41) is 0.322. The molecule has 3 nitrogen and oxygen atoms in total. The summed E-state index contributed by atoms with van der Waals surface area (Å²) in [7, 11) is 4.01. The van der Waals surface area contributed by atoms with E-state index in [0.29, 0.717) is 10.6 Å². The van der Waals surface area contributed by atoms with Gasteiger partial charge in [-0.05, 0) is 51.3 Å². The average molecular weight is 299 g/mol. The van der Waals surface area contributed by atoms with E-state index in [1.807, 2.05) is 14.1 Å². The van der Waals surface area contributed by atoms with E-state index in [4.69, 9.17) is 11.6 Å². The Hall–Kier alpha value is -0.970. The molecule has 1 fully saturated rings. The summed E-state index contributed by atoms with van der Waals surface area (Å²) in [6.07, 6.45) is 1.32. The van der Waals surface area contributed by atoms with Crippen LogP contribution in [-0.2, 0) is 11.2 Å². The number of hydrogen-bond acceptors (Lipinski definition) is 3. The van der Waals surface area contributed by atoms with Crippen molar-refractivity contribution in [2.75, 3.05) is 33.7 Å². The van der Waals surface area contributed by atoms with Gasteiger partial charge in [-0.2, -0.15) is 0 Å². The molecule has 20 heavy (non-hydrogen) atoms. The number of carbonyl (C=O) groups is 1. The third-order valence-corrected chi connectivity index (χ3v) is 4.17. The Morgan fingerprint density at radius 1 is 1.40 bits per heavy atom. The van der Waals surface area contributed by atoms with E-state index in [-0.39, 0.29) is 24.1 Å². The molecule has 1 aromatic carbocycles. The largest absolute Gasteiger partial charge is 0.304 e. The Labute approximate surface area is 124 Å². The van der Waals surface area contributed by atoms with Crippen LogP contribution in [0.3, 0.4) is 0 Å². The maximum Gasteiger partial charge on any atom is 0.155 e. The first-order valence-electron chi connectivity index (χ1n) is 6.83. The average Bonchev–Trinajstić information content (AvgIpc) is 2.54. The van der Waals surface area contributed by atoms with Crippen LogP contribution in [0.1, 0.15) is 12.0 Å². The first-order valence-corrected chi connectivity index (χ1v) is 7.20. The van der Waals surface area contributed by atoms with Crippen molar-refractivity contribution in [1.82, 2.24) is 9.80 Å². The second-order valence-corrected chi connectivity index (χ2v) is 5.90. The molecule has 1 aromatic rings. The molecule has 1 heterocycles. The molecule has 0 bridgehead atoms. The summed E-state index contributed by atoms with van der Waals surface area (Å²) >= 11 is 5.99. The minimum atomic E-state index is -0.377. The molecular weight excluding hydrogens is 279 g/mol. The zero-order chi connectivity index (χ0) is 14.7. The molecule has 0 saturated carbocycles. The molecule has 1 unspecified atom stereocenters. The van der Waals surface area contributed by atoms with Crippen LogP contribution in [0, 0.1) is 5.82 Å². The van der Waals surface area contributed by atoms with Gasteiger partial charge in [-0.1, -0.05) is 17.7 Å². The van der Waals surface area contributed by atoms with Crippen LogP contribution >= 0.6 is 11.6 Å². The quantitative estimate of drug-likeness (QED) is 0.855. The van der Waals surface area contributed by atoms with E-state index in [0.717, 1.165) is 26.1 Å². The van der Waals surface area contributed by atoms with Crippen LogP contribution in [0.4, 0.5) is 4.39 Å². The van der Waals surface area contributed by atoms with Gasteiger partial charge in [-0.3, -0.25) is 9.69 Å². The Kier molecular flexibility index (Phi) is 5.13. The molecule has 1 atom stereocenters. The van der Waals surface area contributed by atoms with Gasteiger partial charge in [-0.15, -0.1) is 0 Å². The highest BCUT2D eigenvalue weighted by atomic mass is 35.5. The van der Waals surface area contributed by atoms with E-state index in [2.05, 4.69) is 9.80 Å². The van der Waals surface area contributed by atoms with Crippen LogP contribution in [0.15, 0.2) is 18.2 Å². The lowest BCUT2D eigenvalue weighted by Gasteiger charge is -2.26. The lowest BCUT2D eigenvalue weighted by atomic mass is 10.0. The molecule has 0 aliphatic carbocycles. The van der Waals surface area contributed by atoms with E-state index in [9.17, 15) is 9.18 Å². The standard InChI is InChI=1S/C15H20ClFN2O/c1-18-6-3-7-19(2)14(10-18)15(20)8-11-4-5-12(17)9-13(11)16/h4-5,9,14H,3,6-8,10H2,1-2H3. The first kappa shape index (κ1) is 15.4. The van der Waals surface area contributed by atoms with Gasteiger partial charge in [0.2, 0.25) is 0 Å². The van der Waals surface area contributed by atoms with Crippen LogP contribution in [0.25, 0.3) is 0 Å². The lowest BCUT2D eigenvalue weighted by Crippen LogP contribution is -2.44. The summed E-state index contributed by atoms with van der Waals surface area (Å²) in [5.41, 5.74) is 0.693. The second-order valence-electron chi connectivity index (χ2n) is 5.49. The Morgan fingerprint density at radius 3 is 2.85 bits per heavy atom. The molecule has 0 spiro atoms. The van der Waals surface area contributed by atoms with Crippen LogP contribution in [-0.4, -0.2) is 55.4 Å². The second kappa shape index (κ2) is 6.66. The SMILES string of the molecule is CN1CCCN(C)C(C(=O)Cc2ccc(F)cc2Cl)C1. The molecule has 2 rings (SSSR count). The fourth-order valence-corrected chi connectivity index (χ4v) is 2.82. The Morgan fingerprint density at radius 2 is 2.15 bits per heavy atom. The van der Waals surface area contributed by atoms with Gasteiger partial charge < -0.3 is 4.90 Å². The number of nitrogens with zero attached hydrogens (tertiary/aromatic N) is 2. The molecule has 0 radical (unpaired) electrons. The number of ketones is 1. The monoisotopic (exact) mass is 298 g/mol. The van der Waals surface area contributed by atoms with Crippen molar-refractivity contribution in [3.05, 3.63) is 34.6 Å². The zero-order valence-corrected chi connectivity index (χ0v) is 12.7. The van der Waals surface area contributed by atoms with Crippen LogP contribution in [0.2, 0.25) is 5.02 Å². The van der Waals surface area contributed by atoms with Gasteiger partial charge in [0.15, 0.2) is 5.78 Å². The van der Waals surface area contributed by atoms with Gasteiger partial charge >= 0.3 is 0 Å². The molecule has 1 aliphatic rings. The highest BCUT2D eigenvalue weighted by Crippen LogP contribution is 2.19. The number of hydrogen-bond donors (Lipinski definition) is 0. The van der Waals surface area contributed by atoms with Crippen molar-refractivity contribution >= 4 is 17.4 Å². The molecule has 1 aliphatic heterocycles. The maximum absolute atomic E-state index is 13.0. The highest BCUT2D eigenvalue weighted by Gasteiger charge is 2.27. The molecule has 1 saturated heterocycles. The number of likely N-dealkylation sites (N-methyl/N-ethyl adjacent to an activating group) is 2. The predicted octanol–water partition coefficient (Wildman–Crippen LogP) is 2.23. The minimum absolute atomic E-state index is 0.122. The van der Waals surface area contributed by atoms with Crippen molar-refractivity contribution in [2.24, 2.45) is 0 Å². The molecular formula is C15H20ClFN2O. The fraction of sp³-hybridized carbons (Fsp3) is 0.533. The van der Waals surface area contributed by atoms with E-state index < -0.39 is 0 Å². The fourth-order valence-electron chi connectivity index (χ4n) is 2.59.